The molecule has 0 unspecified atom stereocenters. The highest BCUT2D eigenvalue weighted by Crippen LogP contribution is 2.39. The van der Waals surface area contributed by atoms with Crippen LogP contribution in [-0.4, -0.2) is 27.8 Å². The molecule has 0 atom stereocenters. The van der Waals surface area contributed by atoms with Crippen LogP contribution < -0.4 is 5.32 Å². The van der Waals surface area contributed by atoms with Gasteiger partial charge in [0.05, 0.1) is 23.0 Å². The lowest BCUT2D eigenvalue weighted by molar-refractivity contribution is -0.0685. The van der Waals surface area contributed by atoms with Gasteiger partial charge in [-0.1, -0.05) is 6.58 Å². The van der Waals surface area contributed by atoms with E-state index in [9.17, 15) is 18.0 Å². The topological polar surface area (TPSA) is 64.1 Å². The van der Waals surface area contributed by atoms with Crippen LogP contribution in [0.1, 0.15) is 26.3 Å². The van der Waals surface area contributed by atoms with Crippen LogP contribution in [0.25, 0.3) is 15.9 Å². The maximum Gasteiger partial charge on any atom is 0.416 e. The summed E-state index contributed by atoms with van der Waals surface area (Å²) >= 11 is 1.09. The van der Waals surface area contributed by atoms with Gasteiger partial charge in [0.2, 0.25) is 0 Å². The Balaban J connectivity index is 2.47. The number of alkyl halides is 3. The van der Waals surface area contributed by atoms with Gasteiger partial charge in [-0.05, 0) is 20.8 Å². The Kier molecular flexibility index (Phi) is 4.34. The zero-order valence-corrected chi connectivity index (χ0v) is 13.4. The molecule has 2 heterocycles. The molecule has 23 heavy (non-hydrogen) atoms. The van der Waals surface area contributed by atoms with Crippen molar-refractivity contribution >= 4 is 39.0 Å². The van der Waals surface area contributed by atoms with Gasteiger partial charge in [0.25, 0.3) is 0 Å². The van der Waals surface area contributed by atoms with E-state index in [1.165, 1.54) is 5.51 Å². The van der Waals surface area contributed by atoms with Gasteiger partial charge in [0.1, 0.15) is 15.9 Å². The Hall–Kier alpha value is -2.16. The number of allylic oxidation sites excluding steroid dienone is 1. The lowest BCUT2D eigenvalue weighted by Crippen LogP contribution is -2.27. The first kappa shape index (κ1) is 17.2. The molecule has 0 fully saturated rings. The molecule has 0 saturated carbocycles. The highest BCUT2D eigenvalue weighted by atomic mass is 32.1. The number of hydrogen-bond acceptors (Lipinski definition) is 5. The molecular weight excluding hydrogens is 331 g/mol. The average molecular weight is 345 g/mol. The van der Waals surface area contributed by atoms with Gasteiger partial charge in [-0.15, -0.1) is 11.3 Å². The van der Waals surface area contributed by atoms with Crippen molar-refractivity contribution in [1.29, 1.82) is 0 Å². The number of rotatable bonds is 2. The standard InChI is InChI=1S/C14H14F3N3O2S/c1-7(14(15,16)17)9-8(20-12(21)22-13(2,3)4)5-18-11-10(9)19-6-23-11/h5-6H,1H2,2-4H3,(H,20,21). The first-order valence-corrected chi connectivity index (χ1v) is 7.35. The summed E-state index contributed by atoms with van der Waals surface area (Å²) in [6.45, 7) is 8.02. The molecule has 0 aliphatic rings. The zero-order valence-electron chi connectivity index (χ0n) is 12.6. The third-order valence-corrected chi connectivity index (χ3v) is 3.38. The summed E-state index contributed by atoms with van der Waals surface area (Å²) in [5, 5.41) is 2.28. The fourth-order valence-electron chi connectivity index (χ4n) is 1.77. The minimum Gasteiger partial charge on any atom is -0.444 e. The molecular formula is C14H14F3N3O2S. The van der Waals surface area contributed by atoms with Crippen LogP contribution in [0.5, 0.6) is 0 Å². The minimum atomic E-state index is -4.66. The van der Waals surface area contributed by atoms with Crippen molar-refractivity contribution < 1.29 is 22.7 Å². The second kappa shape index (κ2) is 5.80. The van der Waals surface area contributed by atoms with Crippen molar-refractivity contribution in [2.75, 3.05) is 5.32 Å². The number of halogens is 3. The number of thiazole rings is 1. The second-order valence-corrected chi connectivity index (χ2v) is 6.49. The van der Waals surface area contributed by atoms with Crippen molar-refractivity contribution in [1.82, 2.24) is 9.97 Å². The SMILES string of the molecule is C=C(c1c(NC(=O)OC(C)(C)C)cnc2scnc12)C(F)(F)F. The van der Waals surface area contributed by atoms with E-state index < -0.39 is 23.4 Å². The molecule has 1 amide bonds. The maximum atomic E-state index is 13.1. The molecule has 2 rings (SSSR count). The number of carbonyl (C=O) groups is 1. The molecule has 0 aliphatic heterocycles. The molecule has 0 radical (unpaired) electrons. The first-order valence-electron chi connectivity index (χ1n) is 6.47. The predicted molar refractivity (Wildman–Crippen MR) is 82.4 cm³/mol. The monoisotopic (exact) mass is 345 g/mol. The average Bonchev–Trinajstić information content (AvgIpc) is 2.82. The lowest BCUT2D eigenvalue weighted by atomic mass is 10.1. The van der Waals surface area contributed by atoms with E-state index in [-0.39, 0.29) is 16.8 Å². The summed E-state index contributed by atoms with van der Waals surface area (Å²) in [4.78, 5) is 20.0. The van der Waals surface area contributed by atoms with Gasteiger partial charge in [0, 0.05) is 5.56 Å². The van der Waals surface area contributed by atoms with Crippen LogP contribution in [0, 0.1) is 0 Å². The second-order valence-electron chi connectivity index (χ2n) is 5.66. The Bertz CT molecular complexity index is 763. The fraction of sp³-hybridized carbons (Fsp3) is 0.357. The number of ether oxygens (including phenoxy) is 1. The van der Waals surface area contributed by atoms with Gasteiger partial charge < -0.3 is 4.74 Å². The number of amides is 1. The fourth-order valence-corrected chi connectivity index (χ4v) is 2.41. The molecule has 5 nitrogen and oxygen atoms in total. The molecule has 2 aromatic rings. The smallest absolute Gasteiger partial charge is 0.416 e. The number of nitrogens with one attached hydrogen (secondary N) is 1. The number of anilines is 1. The molecule has 0 spiro atoms. The Morgan fingerprint density at radius 3 is 2.52 bits per heavy atom. The van der Waals surface area contributed by atoms with Gasteiger partial charge >= 0.3 is 12.3 Å². The van der Waals surface area contributed by atoms with E-state index in [1.54, 1.807) is 20.8 Å². The van der Waals surface area contributed by atoms with E-state index in [2.05, 4.69) is 21.9 Å². The van der Waals surface area contributed by atoms with Crippen LogP contribution in [0.2, 0.25) is 0 Å². The largest absolute Gasteiger partial charge is 0.444 e. The van der Waals surface area contributed by atoms with Crippen LogP contribution in [0.4, 0.5) is 23.7 Å². The Labute approximate surface area is 134 Å². The van der Waals surface area contributed by atoms with Gasteiger partial charge in [-0.25, -0.2) is 14.8 Å². The van der Waals surface area contributed by atoms with E-state index in [0.717, 1.165) is 17.5 Å². The minimum absolute atomic E-state index is 0.0332. The van der Waals surface area contributed by atoms with Gasteiger partial charge in [-0.2, -0.15) is 13.2 Å². The number of pyridine rings is 1. The number of nitrogens with zero attached hydrogens (tertiary/aromatic N) is 2. The zero-order chi connectivity index (χ0) is 17.4. The third kappa shape index (κ3) is 3.98. The molecule has 0 aromatic carbocycles. The van der Waals surface area contributed by atoms with Crippen molar-refractivity contribution in [2.45, 2.75) is 32.5 Å². The number of aromatic nitrogens is 2. The van der Waals surface area contributed by atoms with Crippen molar-refractivity contribution in [3.05, 3.63) is 23.8 Å². The number of carbonyl (C=O) groups excluding carboxylic acids is 1. The summed E-state index contributed by atoms with van der Waals surface area (Å²) in [5.41, 5.74) is -0.951. The Morgan fingerprint density at radius 1 is 1.30 bits per heavy atom. The number of hydrogen-bond donors (Lipinski definition) is 1. The van der Waals surface area contributed by atoms with E-state index >= 15 is 0 Å². The van der Waals surface area contributed by atoms with Gasteiger partial charge in [-0.3, -0.25) is 5.32 Å². The quantitative estimate of drug-likeness (QED) is 0.863. The van der Waals surface area contributed by atoms with Crippen LogP contribution in [0.3, 0.4) is 0 Å². The highest BCUT2D eigenvalue weighted by molar-refractivity contribution is 7.16. The first-order chi connectivity index (χ1) is 10.5. The summed E-state index contributed by atoms with van der Waals surface area (Å²) in [6.07, 6.45) is -4.41. The van der Waals surface area contributed by atoms with E-state index in [4.69, 9.17) is 4.74 Å². The molecule has 124 valence electrons. The molecule has 0 saturated heterocycles. The summed E-state index contributed by atoms with van der Waals surface area (Å²) in [6, 6.07) is 0. The normalized spacial score (nSPS) is 12.3. The highest BCUT2D eigenvalue weighted by Gasteiger charge is 2.36. The van der Waals surface area contributed by atoms with Crippen LogP contribution in [-0.2, 0) is 4.74 Å². The molecule has 9 heteroatoms. The summed E-state index contributed by atoms with van der Waals surface area (Å²) < 4.78 is 44.3. The molecule has 1 N–H and O–H groups in total. The van der Waals surface area contributed by atoms with E-state index in [1.807, 2.05) is 0 Å². The van der Waals surface area contributed by atoms with Crippen molar-refractivity contribution in [3.8, 4) is 0 Å². The van der Waals surface area contributed by atoms with Gasteiger partial charge in [0.15, 0.2) is 0 Å². The lowest BCUT2D eigenvalue weighted by Gasteiger charge is -2.21. The molecule has 2 aromatic heterocycles. The van der Waals surface area contributed by atoms with E-state index in [0.29, 0.717) is 4.83 Å². The molecule has 0 bridgehead atoms. The predicted octanol–water partition coefficient (Wildman–Crippen LogP) is 4.61. The van der Waals surface area contributed by atoms with Crippen molar-refractivity contribution in [2.24, 2.45) is 0 Å². The summed E-state index contributed by atoms with van der Waals surface area (Å²) in [7, 11) is 0. The number of fused-ring (bicyclic) bond motifs is 1. The van der Waals surface area contributed by atoms with Crippen LogP contribution in [0.15, 0.2) is 18.3 Å². The van der Waals surface area contributed by atoms with Crippen LogP contribution >= 0.6 is 11.3 Å². The maximum absolute atomic E-state index is 13.1. The summed E-state index contributed by atoms with van der Waals surface area (Å²) in [5.74, 6) is 0. The third-order valence-electron chi connectivity index (χ3n) is 2.65. The molecule has 0 aliphatic carbocycles. The van der Waals surface area contributed by atoms with Crippen molar-refractivity contribution in [3.63, 3.8) is 0 Å². The Morgan fingerprint density at radius 2 is 1.96 bits per heavy atom.